The minimum Gasteiger partial charge on any atom is -0.385 e. The van der Waals surface area contributed by atoms with Gasteiger partial charge in [0.2, 0.25) is 0 Å². The first-order valence-corrected chi connectivity index (χ1v) is 7.64. The first-order valence-electron chi connectivity index (χ1n) is 7.64. The maximum atomic E-state index is 13.8. The van der Waals surface area contributed by atoms with Crippen molar-refractivity contribution in [1.82, 2.24) is 9.78 Å². The van der Waals surface area contributed by atoms with Crippen molar-refractivity contribution in [3.8, 4) is 22.3 Å². The van der Waals surface area contributed by atoms with E-state index in [4.69, 9.17) is 4.74 Å². The molecule has 0 fully saturated rings. The van der Waals surface area contributed by atoms with Gasteiger partial charge in [0.1, 0.15) is 5.82 Å². The fourth-order valence-electron chi connectivity index (χ4n) is 2.54. The Labute approximate surface area is 135 Å². The van der Waals surface area contributed by atoms with E-state index in [-0.39, 0.29) is 5.82 Å². The number of rotatable bonds is 6. The highest BCUT2D eigenvalue weighted by Gasteiger charge is 2.06. The van der Waals surface area contributed by atoms with E-state index in [1.54, 1.807) is 19.2 Å². The third-order valence-electron chi connectivity index (χ3n) is 3.77. The van der Waals surface area contributed by atoms with E-state index in [0.717, 1.165) is 36.3 Å². The molecule has 1 aromatic heterocycles. The Morgan fingerprint density at radius 3 is 2.48 bits per heavy atom. The van der Waals surface area contributed by atoms with Crippen LogP contribution >= 0.6 is 0 Å². The van der Waals surface area contributed by atoms with Gasteiger partial charge in [0.25, 0.3) is 0 Å². The lowest BCUT2D eigenvalue weighted by molar-refractivity contribution is 0.189. The molecule has 0 saturated carbocycles. The van der Waals surface area contributed by atoms with Gasteiger partial charge >= 0.3 is 0 Å². The van der Waals surface area contributed by atoms with E-state index in [1.165, 1.54) is 6.07 Å². The molecule has 0 aliphatic carbocycles. The van der Waals surface area contributed by atoms with Crippen LogP contribution < -0.4 is 0 Å². The number of methoxy groups -OCH3 is 1. The summed E-state index contributed by atoms with van der Waals surface area (Å²) in [5, 5.41) is 4.36. The maximum Gasteiger partial charge on any atom is 0.131 e. The van der Waals surface area contributed by atoms with Crippen LogP contribution in [0.2, 0.25) is 0 Å². The molecule has 0 unspecified atom stereocenters. The number of nitrogens with zero attached hydrogens (tertiary/aromatic N) is 2. The molecule has 0 aliphatic rings. The molecule has 0 atom stereocenters. The van der Waals surface area contributed by atoms with Gasteiger partial charge in [-0.3, -0.25) is 4.68 Å². The van der Waals surface area contributed by atoms with Crippen LogP contribution in [0, 0.1) is 5.82 Å². The molecule has 118 valence electrons. The minimum atomic E-state index is -0.203. The molecule has 23 heavy (non-hydrogen) atoms. The zero-order valence-electron chi connectivity index (χ0n) is 13.1. The number of aryl methyl sites for hydroxylation is 1. The highest BCUT2D eigenvalue weighted by Crippen LogP contribution is 2.26. The van der Waals surface area contributed by atoms with Crippen LogP contribution in [0.4, 0.5) is 4.39 Å². The van der Waals surface area contributed by atoms with Gasteiger partial charge in [0.15, 0.2) is 0 Å². The van der Waals surface area contributed by atoms with Crippen LogP contribution in [0.15, 0.2) is 60.9 Å². The summed E-state index contributed by atoms with van der Waals surface area (Å²) in [4.78, 5) is 0. The molecular formula is C19H19FN2O. The Kier molecular flexibility index (Phi) is 4.83. The zero-order chi connectivity index (χ0) is 16.1. The lowest BCUT2D eigenvalue weighted by atomic mass is 10.0. The first-order chi connectivity index (χ1) is 11.3. The third kappa shape index (κ3) is 3.66. The molecule has 2 aromatic carbocycles. The molecular weight excluding hydrogens is 291 g/mol. The number of ether oxygens (including phenoxy) is 1. The highest BCUT2D eigenvalue weighted by molar-refractivity contribution is 5.70. The van der Waals surface area contributed by atoms with Crippen LogP contribution in [0.3, 0.4) is 0 Å². The Balaban J connectivity index is 1.76. The maximum absolute atomic E-state index is 13.8. The monoisotopic (exact) mass is 310 g/mol. The molecule has 0 N–H and O–H groups in total. The molecule has 0 bridgehead atoms. The van der Waals surface area contributed by atoms with Crippen molar-refractivity contribution in [2.75, 3.05) is 13.7 Å². The van der Waals surface area contributed by atoms with Crippen molar-refractivity contribution >= 4 is 0 Å². The molecule has 1 heterocycles. The largest absolute Gasteiger partial charge is 0.385 e. The normalized spacial score (nSPS) is 10.9. The molecule has 0 amide bonds. The lowest BCUT2D eigenvalue weighted by Crippen LogP contribution is -2.01. The summed E-state index contributed by atoms with van der Waals surface area (Å²) in [5.41, 5.74) is 3.62. The molecule has 0 spiro atoms. The number of hydrogen-bond acceptors (Lipinski definition) is 2. The van der Waals surface area contributed by atoms with Gasteiger partial charge in [-0.2, -0.15) is 5.10 Å². The summed E-state index contributed by atoms with van der Waals surface area (Å²) in [5.74, 6) is -0.203. The minimum absolute atomic E-state index is 0.203. The summed E-state index contributed by atoms with van der Waals surface area (Å²) in [6, 6.07) is 14.7. The fourth-order valence-corrected chi connectivity index (χ4v) is 2.54. The van der Waals surface area contributed by atoms with Crippen molar-refractivity contribution in [1.29, 1.82) is 0 Å². The second kappa shape index (κ2) is 7.20. The molecule has 0 aliphatic heterocycles. The van der Waals surface area contributed by atoms with Crippen LogP contribution in [-0.4, -0.2) is 23.5 Å². The predicted octanol–water partition coefficient (Wildman–Crippen LogP) is 4.39. The van der Waals surface area contributed by atoms with Gasteiger partial charge in [0, 0.05) is 37.6 Å². The summed E-state index contributed by atoms with van der Waals surface area (Å²) >= 11 is 0. The van der Waals surface area contributed by atoms with Gasteiger partial charge in [0.05, 0.1) is 6.20 Å². The second-order valence-corrected chi connectivity index (χ2v) is 5.40. The molecule has 3 rings (SSSR count). The molecule has 0 radical (unpaired) electrons. The van der Waals surface area contributed by atoms with Crippen LogP contribution in [0.5, 0.6) is 0 Å². The van der Waals surface area contributed by atoms with E-state index >= 15 is 0 Å². The number of hydrogen-bond donors (Lipinski definition) is 0. The number of aromatic nitrogens is 2. The highest BCUT2D eigenvalue weighted by atomic mass is 19.1. The van der Waals surface area contributed by atoms with Crippen molar-refractivity contribution in [3.05, 3.63) is 66.7 Å². The average Bonchev–Trinajstić information content (AvgIpc) is 3.05. The van der Waals surface area contributed by atoms with E-state index < -0.39 is 0 Å². The van der Waals surface area contributed by atoms with Gasteiger partial charge in [-0.1, -0.05) is 42.5 Å². The van der Waals surface area contributed by atoms with E-state index in [1.807, 2.05) is 47.4 Å². The van der Waals surface area contributed by atoms with Crippen molar-refractivity contribution in [3.63, 3.8) is 0 Å². The fraction of sp³-hybridized carbons (Fsp3) is 0.211. The second-order valence-electron chi connectivity index (χ2n) is 5.40. The van der Waals surface area contributed by atoms with Crippen molar-refractivity contribution in [2.45, 2.75) is 13.0 Å². The predicted molar refractivity (Wildman–Crippen MR) is 89.6 cm³/mol. The van der Waals surface area contributed by atoms with Crippen molar-refractivity contribution < 1.29 is 9.13 Å². The van der Waals surface area contributed by atoms with Crippen LogP contribution in [-0.2, 0) is 11.3 Å². The quantitative estimate of drug-likeness (QED) is 0.631. The van der Waals surface area contributed by atoms with Gasteiger partial charge in [-0.15, -0.1) is 0 Å². The Hall–Kier alpha value is -2.46. The summed E-state index contributed by atoms with van der Waals surface area (Å²) in [6.45, 7) is 1.56. The third-order valence-corrected chi connectivity index (χ3v) is 3.77. The van der Waals surface area contributed by atoms with E-state index in [0.29, 0.717) is 5.56 Å². The topological polar surface area (TPSA) is 27.1 Å². The molecule has 3 aromatic rings. The molecule has 0 saturated heterocycles. The van der Waals surface area contributed by atoms with Gasteiger partial charge in [-0.25, -0.2) is 4.39 Å². The summed E-state index contributed by atoms with van der Waals surface area (Å²) in [7, 11) is 1.70. The van der Waals surface area contributed by atoms with Gasteiger partial charge in [-0.05, 0) is 23.6 Å². The van der Waals surface area contributed by atoms with E-state index in [9.17, 15) is 4.39 Å². The standard InChI is InChI=1S/C19H19FN2O/c1-23-12-4-11-22-14-17(13-21-22)15-7-9-16(10-8-15)18-5-2-3-6-19(18)20/h2-3,5-10,13-14H,4,11-12H2,1H3. The smallest absolute Gasteiger partial charge is 0.131 e. The first kappa shape index (κ1) is 15.4. The van der Waals surface area contributed by atoms with Crippen molar-refractivity contribution in [2.24, 2.45) is 0 Å². The number of halogens is 1. The van der Waals surface area contributed by atoms with Gasteiger partial charge < -0.3 is 4.74 Å². The Morgan fingerprint density at radius 2 is 1.74 bits per heavy atom. The van der Waals surface area contributed by atoms with Crippen LogP contribution in [0.1, 0.15) is 6.42 Å². The summed E-state index contributed by atoms with van der Waals surface area (Å²) in [6.07, 6.45) is 4.81. The van der Waals surface area contributed by atoms with E-state index in [2.05, 4.69) is 5.10 Å². The molecule has 4 heteroatoms. The Morgan fingerprint density at radius 1 is 1.00 bits per heavy atom. The van der Waals surface area contributed by atoms with Crippen LogP contribution in [0.25, 0.3) is 22.3 Å². The molecule has 3 nitrogen and oxygen atoms in total. The lowest BCUT2D eigenvalue weighted by Gasteiger charge is -2.04. The average molecular weight is 310 g/mol. The Bertz CT molecular complexity index is 765. The summed E-state index contributed by atoms with van der Waals surface area (Å²) < 4.78 is 20.8. The number of benzene rings is 2. The zero-order valence-corrected chi connectivity index (χ0v) is 13.1. The SMILES string of the molecule is COCCCn1cc(-c2ccc(-c3ccccc3F)cc2)cn1.